The van der Waals surface area contributed by atoms with Gasteiger partial charge in [-0.05, 0) is 25.8 Å². The average Bonchev–Trinajstić information content (AvgIpc) is 2.45. The van der Waals surface area contributed by atoms with Crippen LogP contribution in [0.25, 0.3) is 0 Å². The van der Waals surface area contributed by atoms with Gasteiger partial charge in [0.1, 0.15) is 0 Å². The van der Waals surface area contributed by atoms with Crippen molar-refractivity contribution in [1.82, 2.24) is 4.90 Å². The van der Waals surface area contributed by atoms with Crippen molar-refractivity contribution in [1.29, 1.82) is 0 Å². The lowest BCUT2D eigenvalue weighted by molar-refractivity contribution is -0.127. The molecule has 0 aliphatic heterocycles. The Bertz CT molecular complexity index is 529. The lowest BCUT2D eigenvalue weighted by Gasteiger charge is -2.24. The van der Waals surface area contributed by atoms with E-state index in [1.165, 1.54) is 24.6 Å². The van der Waals surface area contributed by atoms with E-state index in [2.05, 4.69) is 0 Å². The van der Waals surface area contributed by atoms with Gasteiger partial charge >= 0.3 is 0 Å². The van der Waals surface area contributed by atoms with Crippen LogP contribution in [0, 0.1) is 0 Å². The van der Waals surface area contributed by atoms with Crippen molar-refractivity contribution in [2.24, 2.45) is 0 Å². The SMILES string of the molecule is CC=C(C)CC(CN(C)C(C)=O)c1ccc(C(C)(F)F)cc1. The third-order valence-electron chi connectivity index (χ3n) is 3.98. The first-order chi connectivity index (χ1) is 10.1. The van der Waals surface area contributed by atoms with Crippen LogP contribution in [0.3, 0.4) is 0 Å². The zero-order chi connectivity index (χ0) is 16.9. The van der Waals surface area contributed by atoms with Crippen molar-refractivity contribution in [2.45, 2.75) is 46.0 Å². The second-order valence-corrected chi connectivity index (χ2v) is 5.95. The highest BCUT2D eigenvalue weighted by Crippen LogP contribution is 2.30. The molecule has 1 atom stereocenters. The van der Waals surface area contributed by atoms with Crippen molar-refractivity contribution < 1.29 is 13.6 Å². The van der Waals surface area contributed by atoms with E-state index < -0.39 is 5.92 Å². The normalized spacial score (nSPS) is 13.9. The van der Waals surface area contributed by atoms with Crippen LogP contribution in [-0.4, -0.2) is 24.4 Å². The number of amides is 1. The minimum Gasteiger partial charge on any atom is -0.345 e. The Morgan fingerprint density at radius 2 is 1.82 bits per heavy atom. The van der Waals surface area contributed by atoms with Gasteiger partial charge in [-0.25, -0.2) is 8.78 Å². The summed E-state index contributed by atoms with van der Waals surface area (Å²) in [7, 11) is 1.76. The molecule has 0 fully saturated rings. The smallest absolute Gasteiger partial charge is 0.270 e. The number of alkyl halides is 2. The lowest BCUT2D eigenvalue weighted by Crippen LogP contribution is -2.29. The zero-order valence-electron chi connectivity index (χ0n) is 14.0. The van der Waals surface area contributed by atoms with Crippen LogP contribution in [0.4, 0.5) is 8.78 Å². The van der Waals surface area contributed by atoms with Crippen LogP contribution >= 0.6 is 0 Å². The van der Waals surface area contributed by atoms with Crippen molar-refractivity contribution in [3.63, 3.8) is 0 Å². The Balaban J connectivity index is 3.02. The largest absolute Gasteiger partial charge is 0.345 e. The van der Waals surface area contributed by atoms with Gasteiger partial charge < -0.3 is 4.90 Å². The molecule has 1 unspecified atom stereocenters. The number of carbonyl (C=O) groups excluding carboxylic acids is 1. The third kappa shape index (κ3) is 5.24. The molecule has 0 heterocycles. The molecule has 1 rings (SSSR count). The van der Waals surface area contributed by atoms with Crippen LogP contribution in [0.2, 0.25) is 0 Å². The van der Waals surface area contributed by atoms with E-state index in [9.17, 15) is 13.6 Å². The molecule has 1 aromatic carbocycles. The number of carbonyl (C=O) groups is 1. The molecule has 0 spiro atoms. The fourth-order valence-corrected chi connectivity index (χ4v) is 2.30. The van der Waals surface area contributed by atoms with E-state index in [-0.39, 0.29) is 17.4 Å². The van der Waals surface area contributed by atoms with E-state index in [0.29, 0.717) is 6.54 Å². The molecule has 0 aliphatic carbocycles. The number of benzene rings is 1. The molecule has 0 saturated carbocycles. The number of halogens is 2. The summed E-state index contributed by atoms with van der Waals surface area (Å²) < 4.78 is 26.6. The monoisotopic (exact) mass is 309 g/mol. The maximum Gasteiger partial charge on any atom is 0.270 e. The molecular formula is C18H25F2NO. The van der Waals surface area contributed by atoms with Crippen LogP contribution in [0.5, 0.6) is 0 Å². The quantitative estimate of drug-likeness (QED) is 0.696. The molecular weight excluding hydrogens is 284 g/mol. The summed E-state index contributed by atoms with van der Waals surface area (Å²) in [5, 5.41) is 0. The minimum absolute atomic E-state index is 0.000146. The van der Waals surface area contributed by atoms with Crippen LogP contribution in [0.1, 0.15) is 51.2 Å². The molecule has 0 aromatic heterocycles. The fourth-order valence-electron chi connectivity index (χ4n) is 2.30. The molecule has 1 amide bonds. The van der Waals surface area contributed by atoms with Gasteiger partial charge in [0, 0.05) is 38.9 Å². The zero-order valence-corrected chi connectivity index (χ0v) is 14.0. The van der Waals surface area contributed by atoms with Gasteiger partial charge in [0.15, 0.2) is 0 Å². The second-order valence-electron chi connectivity index (χ2n) is 5.95. The van der Waals surface area contributed by atoms with Crippen LogP contribution in [-0.2, 0) is 10.7 Å². The predicted molar refractivity (Wildman–Crippen MR) is 86.1 cm³/mol. The summed E-state index contributed by atoms with van der Waals surface area (Å²) in [6.07, 6.45) is 2.84. The van der Waals surface area contributed by atoms with Crippen molar-refractivity contribution >= 4 is 5.91 Å². The number of hydrogen-bond donors (Lipinski definition) is 0. The number of likely N-dealkylation sites (N-methyl/N-ethyl adjacent to an activating group) is 1. The van der Waals surface area contributed by atoms with Crippen LogP contribution < -0.4 is 0 Å². The van der Waals surface area contributed by atoms with Gasteiger partial charge in [-0.3, -0.25) is 4.79 Å². The highest BCUT2D eigenvalue weighted by Gasteiger charge is 2.24. The topological polar surface area (TPSA) is 20.3 Å². The third-order valence-corrected chi connectivity index (χ3v) is 3.98. The first kappa shape index (κ1) is 18.3. The van der Waals surface area contributed by atoms with Gasteiger partial charge in [-0.2, -0.15) is 0 Å². The number of allylic oxidation sites excluding steroid dienone is 2. The summed E-state index contributed by atoms with van der Waals surface area (Å²) in [6.45, 7) is 7.01. The molecule has 4 heteroatoms. The number of hydrogen-bond acceptors (Lipinski definition) is 1. The molecule has 122 valence electrons. The molecule has 0 saturated heterocycles. The maximum absolute atomic E-state index is 13.3. The maximum atomic E-state index is 13.3. The lowest BCUT2D eigenvalue weighted by atomic mass is 9.90. The molecule has 2 nitrogen and oxygen atoms in total. The fraction of sp³-hybridized carbons (Fsp3) is 0.500. The van der Waals surface area contributed by atoms with Gasteiger partial charge in [-0.1, -0.05) is 35.9 Å². The number of nitrogens with zero attached hydrogens (tertiary/aromatic N) is 1. The van der Waals surface area contributed by atoms with E-state index in [1.807, 2.05) is 19.9 Å². The Labute approximate surface area is 131 Å². The van der Waals surface area contributed by atoms with Crippen molar-refractivity contribution in [2.75, 3.05) is 13.6 Å². The van der Waals surface area contributed by atoms with Gasteiger partial charge in [0.05, 0.1) is 0 Å². The van der Waals surface area contributed by atoms with Gasteiger partial charge in [0.2, 0.25) is 5.91 Å². The summed E-state index contributed by atoms with van der Waals surface area (Å²) in [5.41, 5.74) is 2.20. The Kier molecular flexibility index (Phi) is 6.27. The molecule has 1 aromatic rings. The van der Waals surface area contributed by atoms with Gasteiger partial charge in [-0.15, -0.1) is 0 Å². The second kappa shape index (κ2) is 7.52. The predicted octanol–water partition coefficient (Wildman–Crippen LogP) is 4.72. The summed E-state index contributed by atoms with van der Waals surface area (Å²) in [4.78, 5) is 13.1. The molecule has 0 N–H and O–H groups in total. The van der Waals surface area contributed by atoms with Crippen molar-refractivity contribution in [3.05, 3.63) is 47.0 Å². The minimum atomic E-state index is -2.83. The van der Waals surface area contributed by atoms with E-state index in [1.54, 1.807) is 24.1 Å². The van der Waals surface area contributed by atoms with E-state index >= 15 is 0 Å². The van der Waals surface area contributed by atoms with E-state index in [0.717, 1.165) is 18.9 Å². The summed E-state index contributed by atoms with van der Waals surface area (Å²) in [5.74, 6) is -2.73. The molecule has 0 aliphatic rings. The molecule has 22 heavy (non-hydrogen) atoms. The van der Waals surface area contributed by atoms with Crippen molar-refractivity contribution in [3.8, 4) is 0 Å². The van der Waals surface area contributed by atoms with Gasteiger partial charge in [0.25, 0.3) is 5.92 Å². The Morgan fingerprint density at radius 3 is 2.23 bits per heavy atom. The summed E-state index contributed by atoms with van der Waals surface area (Å²) >= 11 is 0. The molecule has 0 radical (unpaired) electrons. The number of rotatable bonds is 6. The average molecular weight is 309 g/mol. The van der Waals surface area contributed by atoms with Crippen LogP contribution in [0.15, 0.2) is 35.9 Å². The molecule has 0 bridgehead atoms. The van der Waals surface area contributed by atoms with E-state index in [4.69, 9.17) is 0 Å². The highest BCUT2D eigenvalue weighted by atomic mass is 19.3. The highest BCUT2D eigenvalue weighted by molar-refractivity contribution is 5.72. The Hall–Kier alpha value is -1.71. The first-order valence-electron chi connectivity index (χ1n) is 7.47. The standard InChI is InChI=1S/C18H25F2NO/c1-6-13(2)11-16(12-21(5)14(3)22)15-7-9-17(10-8-15)18(4,19)20/h6-10,16H,11-12H2,1-5H3. The first-order valence-corrected chi connectivity index (χ1v) is 7.47. The Morgan fingerprint density at radius 1 is 1.27 bits per heavy atom. The summed E-state index contributed by atoms with van der Waals surface area (Å²) in [6, 6.07) is 6.44.